The molecule has 3 aromatic rings. The van der Waals surface area contributed by atoms with E-state index in [2.05, 4.69) is 18.7 Å². The lowest BCUT2D eigenvalue weighted by Gasteiger charge is -2.28. The number of ether oxygens (including phenoxy) is 3. The van der Waals surface area contributed by atoms with Crippen molar-refractivity contribution in [1.82, 2.24) is 9.80 Å². The number of carbonyl (C=O) groups is 2. The fourth-order valence-corrected chi connectivity index (χ4v) is 5.11. The van der Waals surface area contributed by atoms with Crippen molar-refractivity contribution in [3.8, 4) is 17.2 Å². The van der Waals surface area contributed by atoms with E-state index in [9.17, 15) is 14.7 Å². The van der Waals surface area contributed by atoms with Crippen molar-refractivity contribution in [1.29, 1.82) is 0 Å². The molecule has 1 atom stereocenters. The molecule has 0 aromatic heterocycles. The molecule has 2 aliphatic heterocycles. The Labute approximate surface area is 234 Å². The van der Waals surface area contributed by atoms with E-state index >= 15 is 0 Å². The topological polar surface area (TPSA) is 88.5 Å². The largest absolute Gasteiger partial charge is 0.507 e. The van der Waals surface area contributed by atoms with Gasteiger partial charge >= 0.3 is 0 Å². The normalized spacial score (nSPS) is 17.9. The van der Waals surface area contributed by atoms with E-state index in [1.807, 2.05) is 54.6 Å². The minimum absolute atomic E-state index is 0.0430. The summed E-state index contributed by atoms with van der Waals surface area (Å²) in [6.07, 6.45) is 0. The molecule has 1 fully saturated rings. The Kier molecular flexibility index (Phi) is 8.36. The van der Waals surface area contributed by atoms with Crippen LogP contribution in [0.25, 0.3) is 5.76 Å². The molecule has 0 saturated carbocycles. The van der Waals surface area contributed by atoms with Crippen molar-refractivity contribution in [3.63, 3.8) is 0 Å². The molecule has 1 N–H and O–H groups in total. The van der Waals surface area contributed by atoms with Crippen molar-refractivity contribution < 1.29 is 28.9 Å². The smallest absolute Gasteiger partial charge is 0.295 e. The number of carbonyl (C=O) groups excluding carboxylic acids is 2. The zero-order chi connectivity index (χ0) is 28.1. The monoisotopic (exact) mass is 542 g/mol. The van der Waals surface area contributed by atoms with Crippen LogP contribution < -0.4 is 14.2 Å². The molecular formula is C32H34N2O6. The SMILES string of the molecule is CCN(CC)CCN1C(=O)C(=O)/C(=C(\O)c2ccc3c(c2)OCCO3)C1c1cccc(OCc2ccccc2)c1. The van der Waals surface area contributed by atoms with Crippen molar-refractivity contribution in [2.75, 3.05) is 39.4 Å². The maximum atomic E-state index is 13.5. The van der Waals surface area contributed by atoms with Crippen molar-refractivity contribution in [2.24, 2.45) is 0 Å². The lowest BCUT2D eigenvalue weighted by molar-refractivity contribution is -0.140. The highest BCUT2D eigenvalue weighted by Crippen LogP contribution is 2.41. The number of fused-ring (bicyclic) bond motifs is 1. The molecule has 0 radical (unpaired) electrons. The number of likely N-dealkylation sites (N-methyl/N-ethyl adjacent to an activating group) is 1. The summed E-state index contributed by atoms with van der Waals surface area (Å²) in [5.74, 6) is 0.0666. The highest BCUT2D eigenvalue weighted by molar-refractivity contribution is 6.46. The molecule has 1 saturated heterocycles. The van der Waals surface area contributed by atoms with Crippen LogP contribution in [0, 0.1) is 0 Å². The molecule has 0 bridgehead atoms. The molecule has 2 heterocycles. The Morgan fingerprint density at radius 3 is 2.45 bits per heavy atom. The van der Waals surface area contributed by atoms with Crippen LogP contribution in [0.15, 0.2) is 78.4 Å². The van der Waals surface area contributed by atoms with Gasteiger partial charge in [-0.2, -0.15) is 0 Å². The van der Waals surface area contributed by atoms with Crippen LogP contribution in [0.3, 0.4) is 0 Å². The van der Waals surface area contributed by atoms with Gasteiger partial charge in [0.25, 0.3) is 11.7 Å². The van der Waals surface area contributed by atoms with Crippen LogP contribution in [-0.4, -0.2) is 66.0 Å². The van der Waals surface area contributed by atoms with Crippen molar-refractivity contribution >= 4 is 17.4 Å². The summed E-state index contributed by atoms with van der Waals surface area (Å²) in [5.41, 5.74) is 2.13. The fraction of sp³-hybridized carbons (Fsp3) is 0.312. The quantitative estimate of drug-likeness (QED) is 0.224. The number of hydrogen-bond donors (Lipinski definition) is 1. The molecule has 208 valence electrons. The number of likely N-dealkylation sites (tertiary alicyclic amines) is 1. The minimum atomic E-state index is -0.774. The van der Waals surface area contributed by atoms with Gasteiger partial charge in [0.1, 0.15) is 31.3 Å². The Morgan fingerprint density at radius 1 is 0.950 bits per heavy atom. The third-order valence-corrected chi connectivity index (χ3v) is 7.33. The zero-order valence-corrected chi connectivity index (χ0v) is 22.8. The van der Waals surface area contributed by atoms with Crippen LogP contribution in [0.2, 0.25) is 0 Å². The lowest BCUT2D eigenvalue weighted by Crippen LogP contribution is -2.38. The summed E-state index contributed by atoms with van der Waals surface area (Å²) in [4.78, 5) is 30.6. The molecule has 3 aromatic carbocycles. The first-order chi connectivity index (χ1) is 19.5. The van der Waals surface area contributed by atoms with Crippen LogP contribution in [-0.2, 0) is 16.2 Å². The molecule has 8 heteroatoms. The predicted molar refractivity (Wildman–Crippen MR) is 151 cm³/mol. The molecular weight excluding hydrogens is 508 g/mol. The molecule has 40 heavy (non-hydrogen) atoms. The second-order valence-electron chi connectivity index (χ2n) is 9.72. The third kappa shape index (κ3) is 5.67. The third-order valence-electron chi connectivity index (χ3n) is 7.33. The second-order valence-corrected chi connectivity index (χ2v) is 9.72. The number of Topliss-reactive ketones (excluding diaryl/α,β-unsaturated/α-hetero) is 1. The molecule has 2 aliphatic rings. The summed E-state index contributed by atoms with van der Waals surface area (Å²) < 4.78 is 17.3. The maximum Gasteiger partial charge on any atom is 0.295 e. The molecule has 8 nitrogen and oxygen atoms in total. The zero-order valence-electron chi connectivity index (χ0n) is 22.8. The number of rotatable bonds is 10. The van der Waals surface area contributed by atoms with E-state index in [4.69, 9.17) is 14.2 Å². The fourth-order valence-electron chi connectivity index (χ4n) is 5.11. The van der Waals surface area contributed by atoms with Crippen molar-refractivity contribution in [2.45, 2.75) is 26.5 Å². The highest BCUT2D eigenvalue weighted by Gasteiger charge is 2.46. The summed E-state index contributed by atoms with van der Waals surface area (Å²) in [6.45, 7) is 7.92. The van der Waals surface area contributed by atoms with E-state index in [-0.39, 0.29) is 11.3 Å². The number of ketones is 1. The van der Waals surface area contributed by atoms with Gasteiger partial charge in [0.2, 0.25) is 0 Å². The number of aliphatic hydroxyl groups excluding tert-OH is 1. The minimum Gasteiger partial charge on any atom is -0.507 e. The van der Waals surface area contributed by atoms with Gasteiger partial charge in [-0.15, -0.1) is 0 Å². The Hall–Kier alpha value is -4.30. The summed E-state index contributed by atoms with van der Waals surface area (Å²) in [7, 11) is 0. The van der Waals surface area contributed by atoms with Crippen LogP contribution in [0.1, 0.15) is 36.6 Å². The Balaban J connectivity index is 1.53. The first-order valence-electron chi connectivity index (χ1n) is 13.7. The number of amides is 1. The highest BCUT2D eigenvalue weighted by atomic mass is 16.6. The first kappa shape index (κ1) is 27.3. The molecule has 0 aliphatic carbocycles. The first-order valence-corrected chi connectivity index (χ1v) is 13.7. The Morgan fingerprint density at radius 2 is 1.70 bits per heavy atom. The van der Waals surface area contributed by atoms with Gasteiger partial charge in [0.15, 0.2) is 11.5 Å². The van der Waals surface area contributed by atoms with Crippen LogP contribution >= 0.6 is 0 Å². The van der Waals surface area contributed by atoms with Gasteiger partial charge in [-0.05, 0) is 54.5 Å². The summed E-state index contributed by atoms with van der Waals surface area (Å²) >= 11 is 0. The van der Waals surface area contributed by atoms with Gasteiger partial charge in [-0.1, -0.05) is 56.3 Å². The van der Waals surface area contributed by atoms with E-state index in [0.29, 0.717) is 61.3 Å². The van der Waals surface area contributed by atoms with Crippen molar-refractivity contribution in [3.05, 3.63) is 95.1 Å². The average molecular weight is 543 g/mol. The maximum absolute atomic E-state index is 13.5. The van der Waals surface area contributed by atoms with Gasteiger partial charge in [0.05, 0.1) is 11.6 Å². The van der Waals surface area contributed by atoms with Gasteiger partial charge < -0.3 is 29.1 Å². The van der Waals surface area contributed by atoms with E-state index < -0.39 is 17.7 Å². The predicted octanol–water partition coefficient (Wildman–Crippen LogP) is 4.80. The van der Waals surface area contributed by atoms with Crippen LogP contribution in [0.5, 0.6) is 17.2 Å². The van der Waals surface area contributed by atoms with E-state index in [1.54, 1.807) is 23.1 Å². The standard InChI is InChI=1S/C32H34N2O6/c1-3-33(4-2)15-16-34-29(23-11-8-12-25(19-23)40-21-22-9-6-5-7-10-22)28(31(36)32(34)37)30(35)24-13-14-26-27(20-24)39-18-17-38-26/h5-14,19-20,29,35H,3-4,15-18,21H2,1-2H3/b30-28-. The summed E-state index contributed by atoms with van der Waals surface area (Å²) in [5, 5.41) is 11.5. The van der Waals surface area contributed by atoms with Gasteiger partial charge in [-0.3, -0.25) is 9.59 Å². The molecule has 5 rings (SSSR count). The molecule has 1 unspecified atom stereocenters. The Bertz CT molecular complexity index is 1400. The summed E-state index contributed by atoms with van der Waals surface area (Å²) in [6, 6.07) is 21.4. The van der Waals surface area contributed by atoms with Crippen LogP contribution in [0.4, 0.5) is 0 Å². The number of benzene rings is 3. The average Bonchev–Trinajstić information content (AvgIpc) is 3.25. The number of hydrogen-bond acceptors (Lipinski definition) is 7. The second kappa shape index (κ2) is 12.3. The number of nitrogens with zero attached hydrogens (tertiary/aromatic N) is 2. The molecule has 1 amide bonds. The van der Waals surface area contributed by atoms with Gasteiger partial charge in [-0.25, -0.2) is 0 Å². The van der Waals surface area contributed by atoms with E-state index in [0.717, 1.165) is 18.7 Å². The number of aliphatic hydroxyl groups is 1. The van der Waals surface area contributed by atoms with E-state index in [1.165, 1.54) is 0 Å². The van der Waals surface area contributed by atoms with Gasteiger partial charge in [0, 0.05) is 18.7 Å². The molecule has 0 spiro atoms. The lowest BCUT2D eigenvalue weighted by atomic mass is 9.95.